The highest BCUT2D eigenvalue weighted by atomic mass is 32.2. The summed E-state index contributed by atoms with van der Waals surface area (Å²) in [7, 11) is 0. The molecule has 0 unspecified atom stereocenters. The van der Waals surface area contributed by atoms with E-state index in [1.807, 2.05) is 6.92 Å². The Balaban J connectivity index is 5.22. The molecule has 0 N–H and O–H groups in total. The van der Waals surface area contributed by atoms with Crippen LogP contribution >= 0.6 is 24.0 Å². The van der Waals surface area contributed by atoms with Crippen molar-refractivity contribution < 1.29 is 53.0 Å². The summed E-state index contributed by atoms with van der Waals surface area (Å²) < 4.78 is 143. The molecule has 0 heterocycles. The fraction of sp³-hybridized carbons (Fsp3) is 0.917. The maximum Gasteiger partial charge on any atom is 0.460 e. The summed E-state index contributed by atoms with van der Waals surface area (Å²) >= 11 is 2.58. The Bertz CT molecular complexity index is 476. The highest BCUT2D eigenvalue weighted by Crippen LogP contribution is 2.59. The zero-order valence-corrected chi connectivity index (χ0v) is 14.6. The molecule has 26 heavy (non-hydrogen) atoms. The average Bonchev–Trinajstić information content (AvgIpc) is 2.44. The van der Waals surface area contributed by atoms with Gasteiger partial charge in [0.05, 0.1) is 6.61 Å². The minimum atomic E-state index is -7.44. The summed E-state index contributed by atoms with van der Waals surface area (Å²) in [6, 6.07) is 0. The molecule has 0 aromatic carbocycles. The lowest BCUT2D eigenvalue weighted by atomic mass is 10.0. The van der Waals surface area contributed by atoms with E-state index in [4.69, 9.17) is 0 Å². The Hall–Kier alpha value is -0.530. The van der Waals surface area contributed by atoms with Crippen LogP contribution in [0.3, 0.4) is 0 Å². The molecule has 0 aliphatic rings. The number of unbranched alkanes of at least 4 members (excludes halogenated alkanes) is 3. The number of ether oxygens (including phenoxy) is 1. The van der Waals surface area contributed by atoms with Gasteiger partial charge in [0.2, 0.25) is 4.38 Å². The van der Waals surface area contributed by atoms with Crippen LogP contribution < -0.4 is 0 Å². The molecule has 0 aromatic heterocycles. The third-order valence-corrected chi connectivity index (χ3v) is 4.10. The second kappa shape index (κ2) is 8.65. The third-order valence-electron chi connectivity index (χ3n) is 2.94. The van der Waals surface area contributed by atoms with Gasteiger partial charge in [0.25, 0.3) is 0 Å². The minimum absolute atomic E-state index is 0.249. The van der Waals surface area contributed by atoms with Crippen molar-refractivity contribution >= 4 is 28.4 Å². The van der Waals surface area contributed by atoms with Gasteiger partial charge in [0.1, 0.15) is 0 Å². The molecule has 0 amide bonds. The maximum absolute atomic E-state index is 13.4. The molecule has 0 bridgehead atoms. The SMILES string of the molecule is CCCCCCOC(=S)SC(F)(F)C(F)(F)C(F)(F)C(F)(F)C(F)(F)F. The van der Waals surface area contributed by atoms with Crippen molar-refractivity contribution in [1.29, 1.82) is 0 Å². The largest absolute Gasteiger partial charge is 0.478 e. The molecule has 14 heteroatoms. The molecule has 0 atom stereocenters. The van der Waals surface area contributed by atoms with E-state index >= 15 is 0 Å². The van der Waals surface area contributed by atoms with E-state index < -0.39 is 45.3 Å². The summed E-state index contributed by atoms with van der Waals surface area (Å²) in [5.74, 6) is -21.9. The molecule has 0 saturated carbocycles. The molecular weight excluding hydrogens is 433 g/mol. The highest BCUT2D eigenvalue weighted by molar-refractivity contribution is 8.23. The predicted octanol–water partition coefficient (Wildman–Crippen LogP) is 6.66. The normalized spacial score (nSPS) is 14.5. The molecule has 1 nitrogen and oxygen atoms in total. The average molecular weight is 446 g/mol. The van der Waals surface area contributed by atoms with Crippen LogP contribution in [-0.4, -0.2) is 40.2 Å². The molecule has 0 aliphatic heterocycles. The fourth-order valence-corrected chi connectivity index (χ4v) is 2.45. The van der Waals surface area contributed by atoms with Crippen molar-refractivity contribution in [3.63, 3.8) is 0 Å². The van der Waals surface area contributed by atoms with Gasteiger partial charge in [-0.3, -0.25) is 0 Å². The van der Waals surface area contributed by atoms with E-state index in [1.54, 1.807) is 0 Å². The summed E-state index contributed by atoms with van der Waals surface area (Å²) in [5.41, 5.74) is 0. The zero-order valence-electron chi connectivity index (χ0n) is 12.9. The number of alkyl halides is 11. The smallest absolute Gasteiger partial charge is 0.460 e. The zero-order chi connectivity index (χ0) is 21.0. The molecule has 0 rings (SSSR count). The first-order valence-electron chi connectivity index (χ1n) is 6.89. The van der Waals surface area contributed by atoms with Gasteiger partial charge in [-0.2, -0.15) is 48.3 Å². The molecule has 0 radical (unpaired) electrons. The first-order valence-corrected chi connectivity index (χ1v) is 8.12. The minimum Gasteiger partial charge on any atom is -0.478 e. The Morgan fingerprint density at radius 1 is 0.769 bits per heavy atom. The van der Waals surface area contributed by atoms with E-state index in [-0.39, 0.29) is 13.0 Å². The number of rotatable bonds is 9. The first kappa shape index (κ1) is 25.5. The van der Waals surface area contributed by atoms with Crippen LogP contribution in [0.5, 0.6) is 0 Å². The Morgan fingerprint density at radius 3 is 1.69 bits per heavy atom. The topological polar surface area (TPSA) is 9.23 Å². The van der Waals surface area contributed by atoms with E-state index in [1.165, 1.54) is 0 Å². The number of hydrogen-bond donors (Lipinski definition) is 0. The van der Waals surface area contributed by atoms with Crippen LogP contribution in [0.2, 0.25) is 0 Å². The Labute approximate surface area is 150 Å². The van der Waals surface area contributed by atoms with E-state index in [0.717, 1.165) is 12.8 Å². The number of thiocarbonyl (C=S) groups is 1. The molecule has 0 aromatic rings. The first-order chi connectivity index (χ1) is 11.5. The molecular formula is C12H13F11OS2. The molecule has 0 saturated heterocycles. The Kier molecular flexibility index (Phi) is 8.48. The van der Waals surface area contributed by atoms with Crippen LogP contribution in [0.4, 0.5) is 48.3 Å². The van der Waals surface area contributed by atoms with Gasteiger partial charge in [-0.1, -0.05) is 26.2 Å². The number of hydrogen-bond acceptors (Lipinski definition) is 3. The van der Waals surface area contributed by atoms with Crippen molar-refractivity contribution in [1.82, 2.24) is 0 Å². The maximum atomic E-state index is 13.4. The van der Waals surface area contributed by atoms with Gasteiger partial charge in [-0.25, -0.2) is 0 Å². The second-order valence-electron chi connectivity index (χ2n) is 5.00. The van der Waals surface area contributed by atoms with Crippen molar-refractivity contribution in [2.75, 3.05) is 6.61 Å². The summed E-state index contributed by atoms with van der Waals surface area (Å²) in [6.45, 7) is 1.49. The quantitative estimate of drug-likeness (QED) is 0.223. The molecule has 156 valence electrons. The second-order valence-corrected chi connectivity index (χ2v) is 6.72. The fourth-order valence-electron chi connectivity index (χ4n) is 1.44. The lowest BCUT2D eigenvalue weighted by Gasteiger charge is -2.36. The lowest BCUT2D eigenvalue weighted by molar-refractivity contribution is -0.412. The van der Waals surface area contributed by atoms with Crippen molar-refractivity contribution in [2.24, 2.45) is 0 Å². The highest BCUT2D eigenvalue weighted by Gasteiger charge is 2.87. The van der Waals surface area contributed by atoms with Crippen LogP contribution in [0, 0.1) is 0 Å². The molecule has 0 aliphatic carbocycles. The van der Waals surface area contributed by atoms with Gasteiger partial charge >= 0.3 is 29.2 Å². The van der Waals surface area contributed by atoms with Crippen LogP contribution in [-0.2, 0) is 4.74 Å². The summed E-state index contributed by atoms with van der Waals surface area (Å²) in [6.07, 6.45) is -4.88. The summed E-state index contributed by atoms with van der Waals surface area (Å²) in [4.78, 5) is 0. The van der Waals surface area contributed by atoms with Gasteiger partial charge in [-0.15, -0.1) is 0 Å². The Morgan fingerprint density at radius 2 is 1.27 bits per heavy atom. The number of thioether (sulfide) groups is 1. The van der Waals surface area contributed by atoms with Gasteiger partial charge in [0.15, 0.2) is 0 Å². The standard InChI is InChI=1S/C12H13F11OS2/c1-2-3-4-5-6-24-7(25)26-12(22,23)10(17,18)8(13,14)9(15,16)11(19,20)21/h2-6H2,1H3. The molecule has 0 spiro atoms. The predicted molar refractivity (Wildman–Crippen MR) is 76.1 cm³/mol. The third kappa shape index (κ3) is 5.26. The summed E-state index contributed by atoms with van der Waals surface area (Å²) in [5, 5.41) is -6.09. The van der Waals surface area contributed by atoms with Gasteiger partial charge in [-0.05, 0) is 18.6 Å². The van der Waals surface area contributed by atoms with Crippen molar-refractivity contribution in [3.8, 4) is 0 Å². The van der Waals surface area contributed by atoms with E-state index in [2.05, 4.69) is 17.0 Å². The van der Waals surface area contributed by atoms with Crippen molar-refractivity contribution in [3.05, 3.63) is 0 Å². The van der Waals surface area contributed by atoms with Gasteiger partial charge in [0, 0.05) is 11.8 Å². The number of halogens is 11. The molecule has 0 fully saturated rings. The van der Waals surface area contributed by atoms with Crippen molar-refractivity contribution in [2.45, 2.75) is 61.8 Å². The van der Waals surface area contributed by atoms with Crippen LogP contribution in [0.15, 0.2) is 0 Å². The van der Waals surface area contributed by atoms with Gasteiger partial charge < -0.3 is 4.74 Å². The van der Waals surface area contributed by atoms with Crippen LogP contribution in [0.1, 0.15) is 32.6 Å². The van der Waals surface area contributed by atoms with E-state index in [0.29, 0.717) is 6.42 Å². The monoisotopic (exact) mass is 446 g/mol. The van der Waals surface area contributed by atoms with E-state index in [9.17, 15) is 48.3 Å². The van der Waals surface area contributed by atoms with Crippen LogP contribution in [0.25, 0.3) is 0 Å². The lowest BCUT2D eigenvalue weighted by Crippen LogP contribution is -2.65.